The maximum atomic E-state index is 11.9. The van der Waals surface area contributed by atoms with Crippen LogP contribution in [0.15, 0.2) is 54.6 Å². The first-order chi connectivity index (χ1) is 13.9. The summed E-state index contributed by atoms with van der Waals surface area (Å²) in [6.07, 6.45) is 2.68. The third-order valence-corrected chi connectivity index (χ3v) is 4.32. The molecule has 0 saturated carbocycles. The Morgan fingerprint density at radius 2 is 1.69 bits per heavy atom. The van der Waals surface area contributed by atoms with E-state index in [1.165, 1.54) is 27.4 Å². The number of carbonyl (C=O) groups excluding carboxylic acids is 1. The third-order valence-electron chi connectivity index (χ3n) is 4.32. The van der Waals surface area contributed by atoms with Crippen LogP contribution in [0, 0.1) is 0 Å². The second-order valence-electron chi connectivity index (χ2n) is 6.39. The Morgan fingerprint density at radius 1 is 1.03 bits per heavy atom. The Labute approximate surface area is 171 Å². The van der Waals surface area contributed by atoms with Crippen molar-refractivity contribution in [2.24, 2.45) is 0 Å². The van der Waals surface area contributed by atoms with Gasteiger partial charge in [0.25, 0.3) is 0 Å². The lowest BCUT2D eigenvalue weighted by Gasteiger charge is -2.15. The number of ether oxygens (including phenoxy) is 4. The molecule has 154 valence electrons. The van der Waals surface area contributed by atoms with Crippen molar-refractivity contribution in [1.82, 2.24) is 0 Å². The van der Waals surface area contributed by atoms with Gasteiger partial charge < -0.3 is 24.1 Å². The molecule has 2 aromatic rings. The molecule has 0 amide bonds. The largest absolute Gasteiger partial charge is 0.508 e. The summed E-state index contributed by atoms with van der Waals surface area (Å²) in [5, 5.41) is 9.37. The van der Waals surface area contributed by atoms with Gasteiger partial charge in [-0.15, -0.1) is 0 Å². The van der Waals surface area contributed by atoms with Crippen molar-refractivity contribution in [3.05, 3.63) is 65.8 Å². The number of hydrogen-bond acceptors (Lipinski definition) is 6. The van der Waals surface area contributed by atoms with Gasteiger partial charge >= 0.3 is 5.97 Å². The Balaban J connectivity index is 2.07. The highest BCUT2D eigenvalue weighted by Crippen LogP contribution is 2.35. The number of rotatable bonds is 9. The summed E-state index contributed by atoms with van der Waals surface area (Å²) in [5.74, 6) is 0.921. The molecule has 1 N–H and O–H groups in total. The molecule has 0 unspecified atom stereocenters. The molecule has 0 aliphatic carbocycles. The van der Waals surface area contributed by atoms with Crippen molar-refractivity contribution in [2.75, 3.05) is 27.9 Å². The number of carbonyl (C=O) groups is 1. The topological polar surface area (TPSA) is 74.2 Å². The number of hydrogen-bond donors (Lipinski definition) is 1. The van der Waals surface area contributed by atoms with Crippen LogP contribution in [0.4, 0.5) is 0 Å². The Bertz CT molecular complexity index is 896. The minimum atomic E-state index is -0.518. The van der Waals surface area contributed by atoms with Crippen LogP contribution in [-0.4, -0.2) is 39.0 Å². The summed E-state index contributed by atoms with van der Waals surface area (Å²) in [6, 6.07) is 10.1. The molecule has 2 rings (SSSR count). The number of esters is 1. The molecule has 0 spiro atoms. The van der Waals surface area contributed by atoms with Gasteiger partial charge in [0.15, 0.2) is 11.5 Å². The monoisotopic (exact) mass is 398 g/mol. The lowest BCUT2D eigenvalue weighted by atomic mass is 10.0. The van der Waals surface area contributed by atoms with Crippen LogP contribution >= 0.6 is 0 Å². The van der Waals surface area contributed by atoms with Gasteiger partial charge in [0.1, 0.15) is 23.7 Å². The molecule has 0 radical (unpaired) electrons. The van der Waals surface area contributed by atoms with Crippen molar-refractivity contribution < 1.29 is 28.8 Å². The van der Waals surface area contributed by atoms with E-state index in [-0.39, 0.29) is 11.3 Å². The number of aromatic hydroxyl groups is 1. The van der Waals surface area contributed by atoms with Crippen molar-refractivity contribution in [1.29, 1.82) is 0 Å². The standard InChI is InChI=1S/C23H26O6/c1-15(6-7-16(2)17-8-10-18(24)11-9-17)14-29-22-13-20(26-3)19(23(25)28-5)12-21(22)27-4/h6,8-13,24H,2,7,14H2,1,3-5H3/b15-6+. The molecule has 0 aromatic heterocycles. The van der Waals surface area contributed by atoms with Crippen LogP contribution in [0.25, 0.3) is 5.57 Å². The lowest BCUT2D eigenvalue weighted by molar-refractivity contribution is 0.0596. The molecule has 0 fully saturated rings. The van der Waals surface area contributed by atoms with E-state index in [1.54, 1.807) is 18.2 Å². The van der Waals surface area contributed by atoms with Crippen LogP contribution in [0.2, 0.25) is 0 Å². The van der Waals surface area contributed by atoms with Crippen molar-refractivity contribution in [2.45, 2.75) is 13.3 Å². The number of methoxy groups -OCH3 is 3. The van der Waals surface area contributed by atoms with Gasteiger partial charge in [-0.25, -0.2) is 4.79 Å². The second-order valence-corrected chi connectivity index (χ2v) is 6.39. The minimum absolute atomic E-state index is 0.226. The van der Waals surface area contributed by atoms with Crippen molar-refractivity contribution >= 4 is 11.5 Å². The van der Waals surface area contributed by atoms with E-state index in [4.69, 9.17) is 18.9 Å². The molecule has 6 heteroatoms. The molecule has 0 saturated heterocycles. The number of benzene rings is 2. The summed E-state index contributed by atoms with van der Waals surface area (Å²) in [6.45, 7) is 6.37. The SMILES string of the molecule is C=C(C/C=C(\C)COc1cc(OC)c(C(=O)OC)cc1OC)c1ccc(O)cc1. The second kappa shape index (κ2) is 10.2. The predicted octanol–water partition coefficient (Wildman–Crippen LogP) is 4.62. The fourth-order valence-corrected chi connectivity index (χ4v) is 2.61. The van der Waals surface area contributed by atoms with Crippen LogP contribution in [0.5, 0.6) is 23.0 Å². The first-order valence-corrected chi connectivity index (χ1v) is 8.99. The zero-order chi connectivity index (χ0) is 21.4. The third kappa shape index (κ3) is 5.78. The predicted molar refractivity (Wildman–Crippen MR) is 112 cm³/mol. The molecule has 2 aromatic carbocycles. The minimum Gasteiger partial charge on any atom is -0.508 e. The van der Waals surface area contributed by atoms with E-state index in [9.17, 15) is 9.90 Å². The van der Waals surface area contributed by atoms with E-state index in [0.717, 1.165) is 16.7 Å². The van der Waals surface area contributed by atoms with Crippen LogP contribution in [0.3, 0.4) is 0 Å². The van der Waals surface area contributed by atoms with Gasteiger partial charge in [-0.3, -0.25) is 0 Å². The van der Waals surface area contributed by atoms with Gasteiger partial charge in [-0.05, 0) is 42.2 Å². The van der Waals surface area contributed by atoms with Crippen LogP contribution in [-0.2, 0) is 4.74 Å². The van der Waals surface area contributed by atoms with E-state index in [1.807, 2.05) is 25.1 Å². The Hall–Kier alpha value is -3.41. The first-order valence-electron chi connectivity index (χ1n) is 8.99. The average molecular weight is 398 g/mol. The summed E-state index contributed by atoms with van der Waals surface area (Å²) >= 11 is 0. The summed E-state index contributed by atoms with van der Waals surface area (Å²) in [5.41, 5.74) is 3.17. The number of phenols is 1. The molecule has 0 heterocycles. The number of phenolic OH excluding ortho intramolecular Hbond substituents is 1. The first kappa shape index (κ1) is 21.9. The lowest BCUT2D eigenvalue weighted by Crippen LogP contribution is -2.07. The maximum absolute atomic E-state index is 11.9. The van der Waals surface area contributed by atoms with E-state index < -0.39 is 5.97 Å². The quantitative estimate of drug-likeness (QED) is 0.491. The van der Waals surface area contributed by atoms with Gasteiger partial charge in [-0.2, -0.15) is 0 Å². The van der Waals surface area contributed by atoms with Crippen molar-refractivity contribution in [3.63, 3.8) is 0 Å². The van der Waals surface area contributed by atoms with Crippen molar-refractivity contribution in [3.8, 4) is 23.0 Å². The highest BCUT2D eigenvalue weighted by atomic mass is 16.5. The Kier molecular flexibility index (Phi) is 7.71. The van der Waals surface area contributed by atoms with Crippen LogP contribution in [0.1, 0.15) is 29.3 Å². The van der Waals surface area contributed by atoms with Gasteiger partial charge in [-0.1, -0.05) is 24.8 Å². The zero-order valence-corrected chi connectivity index (χ0v) is 17.2. The fourth-order valence-electron chi connectivity index (χ4n) is 2.61. The van der Waals surface area contributed by atoms with Gasteiger partial charge in [0.2, 0.25) is 0 Å². The van der Waals surface area contributed by atoms with E-state index >= 15 is 0 Å². The molecule has 6 nitrogen and oxygen atoms in total. The highest BCUT2D eigenvalue weighted by Gasteiger charge is 2.18. The highest BCUT2D eigenvalue weighted by molar-refractivity contribution is 5.93. The number of allylic oxidation sites excluding steroid dienone is 2. The summed E-state index contributed by atoms with van der Waals surface area (Å²) in [7, 11) is 4.27. The Morgan fingerprint density at radius 3 is 2.28 bits per heavy atom. The summed E-state index contributed by atoms with van der Waals surface area (Å²) in [4.78, 5) is 11.9. The molecule has 0 aliphatic rings. The maximum Gasteiger partial charge on any atom is 0.341 e. The molecule has 29 heavy (non-hydrogen) atoms. The molecule has 0 atom stereocenters. The van der Waals surface area contributed by atoms with E-state index in [2.05, 4.69) is 6.58 Å². The molecular weight excluding hydrogens is 372 g/mol. The molecular formula is C23H26O6. The van der Waals surface area contributed by atoms with Gasteiger partial charge in [0, 0.05) is 12.1 Å². The normalized spacial score (nSPS) is 11.0. The van der Waals surface area contributed by atoms with Gasteiger partial charge in [0.05, 0.1) is 21.3 Å². The van der Waals surface area contributed by atoms with Crippen LogP contribution < -0.4 is 14.2 Å². The molecule has 0 aliphatic heterocycles. The average Bonchev–Trinajstić information content (AvgIpc) is 2.75. The molecule has 0 bridgehead atoms. The summed E-state index contributed by atoms with van der Waals surface area (Å²) < 4.78 is 21.2. The zero-order valence-electron chi connectivity index (χ0n) is 17.2. The fraction of sp³-hybridized carbons (Fsp3) is 0.261. The smallest absolute Gasteiger partial charge is 0.341 e. The van der Waals surface area contributed by atoms with E-state index in [0.29, 0.717) is 30.3 Å².